The number of carbonyl (C=O) groups excluding carboxylic acids is 2. The van der Waals surface area contributed by atoms with Crippen LogP contribution in [0.3, 0.4) is 0 Å². The van der Waals surface area contributed by atoms with Gasteiger partial charge in [-0.25, -0.2) is 0 Å². The highest BCUT2D eigenvalue weighted by molar-refractivity contribution is 6.39. The molecule has 2 amide bonds. The summed E-state index contributed by atoms with van der Waals surface area (Å²) in [6, 6.07) is 9.29. The van der Waals surface area contributed by atoms with Crippen LogP contribution in [0.5, 0.6) is 0 Å². The van der Waals surface area contributed by atoms with E-state index >= 15 is 0 Å². The van der Waals surface area contributed by atoms with Crippen LogP contribution in [0.2, 0.25) is 0 Å². The molecule has 7 heteroatoms. The summed E-state index contributed by atoms with van der Waals surface area (Å²) in [5.74, 6) is -1.59. The van der Waals surface area contributed by atoms with Crippen molar-refractivity contribution in [1.29, 1.82) is 0 Å². The molecule has 1 atom stereocenters. The van der Waals surface area contributed by atoms with Crippen molar-refractivity contribution < 1.29 is 14.7 Å². The van der Waals surface area contributed by atoms with Gasteiger partial charge in [-0.1, -0.05) is 30.3 Å². The van der Waals surface area contributed by atoms with Crippen LogP contribution in [0, 0.1) is 0 Å². The normalized spacial score (nSPS) is 11.7. The van der Waals surface area contributed by atoms with Crippen molar-refractivity contribution in [2.45, 2.75) is 19.5 Å². The Balaban J connectivity index is 1.91. The van der Waals surface area contributed by atoms with E-state index in [9.17, 15) is 9.59 Å². The standard InChI is InChI=1S/C15H18N4O3/c1-11(10-20)17-14(21)15(22)18-13-7-16-19(9-13)8-12-5-3-2-4-6-12/h2-7,9,11,20H,8,10H2,1H3,(H,17,21)(H,18,22). The van der Waals surface area contributed by atoms with Crippen LogP contribution in [0.4, 0.5) is 5.69 Å². The molecule has 1 aromatic carbocycles. The van der Waals surface area contributed by atoms with E-state index in [1.807, 2.05) is 30.3 Å². The zero-order valence-electron chi connectivity index (χ0n) is 12.2. The molecule has 0 aliphatic heterocycles. The SMILES string of the molecule is CC(CO)NC(=O)C(=O)Nc1cnn(Cc2ccccc2)c1. The molecule has 0 radical (unpaired) electrons. The van der Waals surface area contributed by atoms with E-state index in [1.54, 1.807) is 17.8 Å². The lowest BCUT2D eigenvalue weighted by Gasteiger charge is -2.09. The molecule has 1 unspecified atom stereocenters. The third-order valence-corrected chi connectivity index (χ3v) is 2.94. The van der Waals surface area contributed by atoms with Crippen molar-refractivity contribution >= 4 is 17.5 Å². The van der Waals surface area contributed by atoms with E-state index in [1.165, 1.54) is 6.20 Å². The Bertz CT molecular complexity index is 639. The molecule has 3 N–H and O–H groups in total. The molecule has 7 nitrogen and oxygen atoms in total. The predicted octanol–water partition coefficient (Wildman–Crippen LogP) is 0.367. The molecule has 0 fully saturated rings. The van der Waals surface area contributed by atoms with Gasteiger partial charge < -0.3 is 15.7 Å². The molecule has 0 saturated carbocycles. The number of aromatic nitrogens is 2. The first-order valence-electron chi connectivity index (χ1n) is 6.87. The van der Waals surface area contributed by atoms with Gasteiger partial charge in [-0.05, 0) is 12.5 Å². The summed E-state index contributed by atoms with van der Waals surface area (Å²) in [7, 11) is 0. The molecule has 22 heavy (non-hydrogen) atoms. The maximum Gasteiger partial charge on any atom is 0.313 e. The van der Waals surface area contributed by atoms with Gasteiger partial charge in [0.1, 0.15) is 0 Å². The maximum absolute atomic E-state index is 11.7. The van der Waals surface area contributed by atoms with E-state index in [0.717, 1.165) is 5.56 Å². The Morgan fingerprint density at radius 2 is 2.00 bits per heavy atom. The first-order valence-corrected chi connectivity index (χ1v) is 6.87. The predicted molar refractivity (Wildman–Crippen MR) is 81.1 cm³/mol. The Hall–Kier alpha value is -2.67. The third-order valence-electron chi connectivity index (χ3n) is 2.94. The van der Waals surface area contributed by atoms with Gasteiger partial charge in [0.25, 0.3) is 0 Å². The Morgan fingerprint density at radius 1 is 1.27 bits per heavy atom. The highest BCUT2D eigenvalue weighted by Crippen LogP contribution is 2.07. The van der Waals surface area contributed by atoms with E-state index in [4.69, 9.17) is 5.11 Å². The Labute approximate surface area is 128 Å². The van der Waals surface area contributed by atoms with E-state index < -0.39 is 17.9 Å². The molecule has 0 spiro atoms. The summed E-state index contributed by atoms with van der Waals surface area (Å²) in [5.41, 5.74) is 1.52. The third kappa shape index (κ3) is 4.42. The highest BCUT2D eigenvalue weighted by atomic mass is 16.3. The minimum absolute atomic E-state index is 0.228. The van der Waals surface area contributed by atoms with Crippen molar-refractivity contribution in [2.75, 3.05) is 11.9 Å². The van der Waals surface area contributed by atoms with Crippen LogP contribution in [0.15, 0.2) is 42.7 Å². The monoisotopic (exact) mass is 302 g/mol. The van der Waals surface area contributed by atoms with Gasteiger partial charge in [0.15, 0.2) is 0 Å². The van der Waals surface area contributed by atoms with Crippen LogP contribution in [-0.2, 0) is 16.1 Å². The van der Waals surface area contributed by atoms with Crippen molar-refractivity contribution in [3.05, 3.63) is 48.3 Å². The van der Waals surface area contributed by atoms with Crippen molar-refractivity contribution in [2.24, 2.45) is 0 Å². The summed E-state index contributed by atoms with van der Waals surface area (Å²) in [6.07, 6.45) is 3.12. The lowest BCUT2D eigenvalue weighted by atomic mass is 10.2. The highest BCUT2D eigenvalue weighted by Gasteiger charge is 2.16. The minimum Gasteiger partial charge on any atom is -0.394 e. The first-order chi connectivity index (χ1) is 10.6. The number of nitrogens with one attached hydrogen (secondary N) is 2. The van der Waals surface area contributed by atoms with Crippen molar-refractivity contribution in [1.82, 2.24) is 15.1 Å². The molecule has 0 bridgehead atoms. The minimum atomic E-state index is -0.794. The fourth-order valence-electron chi connectivity index (χ4n) is 1.81. The second kappa shape index (κ2) is 7.37. The van der Waals surface area contributed by atoms with Crippen molar-refractivity contribution in [3.63, 3.8) is 0 Å². The number of benzene rings is 1. The molecule has 1 heterocycles. The first kappa shape index (κ1) is 15.7. The number of amides is 2. The summed E-state index contributed by atoms with van der Waals surface area (Å²) in [6.45, 7) is 1.95. The van der Waals surface area contributed by atoms with Crippen LogP contribution < -0.4 is 10.6 Å². The van der Waals surface area contributed by atoms with E-state index in [2.05, 4.69) is 15.7 Å². The average Bonchev–Trinajstić information content (AvgIpc) is 2.95. The van der Waals surface area contributed by atoms with Gasteiger partial charge in [0.05, 0.1) is 25.0 Å². The number of rotatable bonds is 5. The number of aliphatic hydroxyl groups excluding tert-OH is 1. The van der Waals surface area contributed by atoms with Crippen LogP contribution in [0.25, 0.3) is 0 Å². The zero-order valence-corrected chi connectivity index (χ0v) is 12.2. The lowest BCUT2D eigenvalue weighted by molar-refractivity contribution is -0.136. The van der Waals surface area contributed by atoms with Crippen LogP contribution in [-0.4, -0.2) is 39.4 Å². The molecule has 116 valence electrons. The lowest BCUT2D eigenvalue weighted by Crippen LogP contribution is -2.41. The summed E-state index contributed by atoms with van der Waals surface area (Å²) >= 11 is 0. The maximum atomic E-state index is 11.7. The fraction of sp³-hybridized carbons (Fsp3) is 0.267. The molecular formula is C15H18N4O3. The van der Waals surface area contributed by atoms with Crippen molar-refractivity contribution in [3.8, 4) is 0 Å². The second-order valence-electron chi connectivity index (χ2n) is 4.92. The number of aliphatic hydroxyl groups is 1. The van der Waals surface area contributed by atoms with Gasteiger partial charge in [0.2, 0.25) is 0 Å². The quantitative estimate of drug-likeness (QED) is 0.695. The summed E-state index contributed by atoms with van der Waals surface area (Å²) < 4.78 is 1.67. The summed E-state index contributed by atoms with van der Waals surface area (Å²) in [4.78, 5) is 23.2. The molecule has 0 aliphatic carbocycles. The van der Waals surface area contributed by atoms with E-state index in [0.29, 0.717) is 12.2 Å². The molecule has 1 aromatic heterocycles. The molecular weight excluding hydrogens is 284 g/mol. The van der Waals surface area contributed by atoms with Crippen LogP contribution in [0.1, 0.15) is 12.5 Å². The average molecular weight is 302 g/mol. The van der Waals surface area contributed by atoms with Gasteiger partial charge in [-0.15, -0.1) is 0 Å². The molecule has 2 aromatic rings. The fourth-order valence-corrected chi connectivity index (χ4v) is 1.81. The number of hydrogen-bond acceptors (Lipinski definition) is 4. The Kier molecular flexibility index (Phi) is 5.26. The van der Waals surface area contributed by atoms with Crippen LogP contribution >= 0.6 is 0 Å². The largest absolute Gasteiger partial charge is 0.394 e. The molecule has 2 rings (SSSR count). The topological polar surface area (TPSA) is 96.2 Å². The summed E-state index contributed by atoms with van der Waals surface area (Å²) in [5, 5.41) is 17.8. The number of hydrogen-bond donors (Lipinski definition) is 3. The Morgan fingerprint density at radius 3 is 2.68 bits per heavy atom. The molecule has 0 saturated heterocycles. The van der Waals surface area contributed by atoms with Gasteiger partial charge in [0, 0.05) is 12.2 Å². The molecule has 0 aliphatic rings. The number of anilines is 1. The van der Waals surface area contributed by atoms with Gasteiger partial charge in [-0.3, -0.25) is 14.3 Å². The zero-order chi connectivity index (χ0) is 15.9. The number of carbonyl (C=O) groups is 2. The second-order valence-corrected chi connectivity index (χ2v) is 4.92. The number of nitrogens with zero attached hydrogens (tertiary/aromatic N) is 2. The smallest absolute Gasteiger partial charge is 0.313 e. The van der Waals surface area contributed by atoms with E-state index in [-0.39, 0.29) is 6.61 Å². The van der Waals surface area contributed by atoms with Gasteiger partial charge in [-0.2, -0.15) is 5.10 Å². The van der Waals surface area contributed by atoms with Gasteiger partial charge >= 0.3 is 11.8 Å².